The monoisotopic (exact) mass is 531 g/mol. The third-order valence-electron chi connectivity index (χ3n) is 8.29. The molecule has 3 fully saturated rings. The Morgan fingerprint density at radius 3 is 2.41 bits per heavy atom. The van der Waals surface area contributed by atoms with E-state index in [-0.39, 0.29) is 37.6 Å². The molecule has 214 valence electrons. The summed E-state index contributed by atoms with van der Waals surface area (Å²) < 4.78 is 47.1. The number of hydrogen-bond donors (Lipinski definition) is 2. The molecule has 0 aliphatic carbocycles. The van der Waals surface area contributed by atoms with Crippen molar-refractivity contribution < 1.29 is 47.8 Å². The average molecular weight is 532 g/mol. The zero-order valence-corrected chi connectivity index (χ0v) is 23.4. The fraction of sp³-hybridized carbons (Fsp3) is 0.885. The van der Waals surface area contributed by atoms with Gasteiger partial charge in [-0.3, -0.25) is 4.79 Å². The molecule has 3 aliphatic rings. The van der Waals surface area contributed by atoms with Gasteiger partial charge in [0.05, 0.1) is 31.0 Å². The van der Waals surface area contributed by atoms with Crippen molar-refractivity contribution >= 4 is 5.91 Å². The van der Waals surface area contributed by atoms with Crippen molar-refractivity contribution in [3.63, 3.8) is 0 Å². The molecule has 37 heavy (non-hydrogen) atoms. The molecule has 0 aromatic rings. The number of methoxy groups -OCH3 is 4. The van der Waals surface area contributed by atoms with Crippen LogP contribution in [-0.2, 0) is 42.7 Å². The van der Waals surface area contributed by atoms with Gasteiger partial charge in [0.2, 0.25) is 5.79 Å². The molecule has 0 spiro atoms. The van der Waals surface area contributed by atoms with E-state index >= 15 is 0 Å². The third-order valence-corrected chi connectivity index (χ3v) is 8.29. The van der Waals surface area contributed by atoms with Gasteiger partial charge in [0, 0.05) is 52.6 Å². The van der Waals surface area contributed by atoms with Gasteiger partial charge in [0.25, 0.3) is 5.91 Å². The zero-order chi connectivity index (χ0) is 27.5. The highest BCUT2D eigenvalue weighted by atomic mass is 16.7. The van der Waals surface area contributed by atoms with Gasteiger partial charge < -0.3 is 48.3 Å². The largest absolute Gasteiger partial charge is 0.394 e. The number of aliphatic hydroxyl groups excluding tert-OH is 1. The maximum Gasteiger partial charge on any atom is 0.256 e. The Morgan fingerprint density at radius 2 is 1.86 bits per heavy atom. The number of nitrogens with one attached hydrogen (secondary N) is 1. The van der Waals surface area contributed by atoms with Gasteiger partial charge in [0.1, 0.15) is 19.0 Å². The minimum atomic E-state index is -1.34. The van der Waals surface area contributed by atoms with Crippen molar-refractivity contribution in [2.24, 2.45) is 11.3 Å². The van der Waals surface area contributed by atoms with Crippen LogP contribution >= 0.6 is 0 Å². The summed E-state index contributed by atoms with van der Waals surface area (Å²) in [6.45, 7) is 12.0. The van der Waals surface area contributed by atoms with Crippen molar-refractivity contribution in [1.82, 2.24) is 5.32 Å². The molecule has 1 amide bonds. The quantitative estimate of drug-likeness (QED) is 0.400. The van der Waals surface area contributed by atoms with E-state index in [9.17, 15) is 9.90 Å². The van der Waals surface area contributed by atoms with Crippen molar-refractivity contribution in [2.45, 2.75) is 95.3 Å². The lowest BCUT2D eigenvalue weighted by Gasteiger charge is -2.54. The van der Waals surface area contributed by atoms with Crippen molar-refractivity contribution in [1.29, 1.82) is 0 Å². The van der Waals surface area contributed by atoms with Crippen LogP contribution in [0.4, 0.5) is 0 Å². The van der Waals surface area contributed by atoms with E-state index in [0.29, 0.717) is 12.8 Å². The van der Waals surface area contributed by atoms with Gasteiger partial charge in [-0.05, 0) is 6.92 Å². The minimum Gasteiger partial charge on any atom is -0.394 e. The molecular weight excluding hydrogens is 486 g/mol. The summed E-state index contributed by atoms with van der Waals surface area (Å²) >= 11 is 0. The average Bonchev–Trinajstić information content (AvgIpc) is 2.86. The van der Waals surface area contributed by atoms with Gasteiger partial charge in [0.15, 0.2) is 12.3 Å². The first-order chi connectivity index (χ1) is 17.5. The van der Waals surface area contributed by atoms with E-state index in [1.54, 1.807) is 14.2 Å². The molecule has 2 N–H and O–H groups in total. The lowest BCUT2D eigenvalue weighted by Crippen LogP contribution is -2.69. The van der Waals surface area contributed by atoms with Gasteiger partial charge in [-0.25, -0.2) is 0 Å². The number of ether oxygens (including phenoxy) is 8. The number of aliphatic hydroxyl groups is 1. The maximum atomic E-state index is 13.6. The van der Waals surface area contributed by atoms with Crippen LogP contribution in [0.15, 0.2) is 12.2 Å². The van der Waals surface area contributed by atoms with Crippen LogP contribution in [0.25, 0.3) is 0 Å². The molecule has 0 saturated carbocycles. The highest BCUT2D eigenvalue weighted by Crippen LogP contribution is 2.44. The van der Waals surface area contributed by atoms with Gasteiger partial charge in [-0.15, -0.1) is 0 Å². The lowest BCUT2D eigenvalue weighted by atomic mass is 9.72. The third kappa shape index (κ3) is 5.90. The SMILES string of the molecule is C=C1C[C@](OC)([C@H](OC)C(=O)N[C@H]2OCO[C@H]3[C@@H]2O[C@H](C[C@H](CO)OC)C(C)(C)[C@@H]3OC)O[C@H](C)[C@@H]1C. The van der Waals surface area contributed by atoms with Crippen LogP contribution < -0.4 is 5.32 Å². The van der Waals surface area contributed by atoms with E-state index in [1.807, 2.05) is 27.7 Å². The highest BCUT2D eigenvalue weighted by molar-refractivity contribution is 5.82. The number of hydrogen-bond acceptors (Lipinski definition) is 10. The number of carbonyl (C=O) groups is 1. The number of fused-ring (bicyclic) bond motifs is 1. The first kappa shape index (κ1) is 30.4. The normalized spacial score (nSPS) is 39.5. The van der Waals surface area contributed by atoms with E-state index < -0.39 is 47.8 Å². The Kier molecular flexibility index (Phi) is 10.1. The molecular formula is C26H45NO10. The number of rotatable bonds is 10. The molecule has 10 atom stereocenters. The predicted octanol–water partition coefficient (Wildman–Crippen LogP) is 1.37. The van der Waals surface area contributed by atoms with Crippen LogP contribution in [0.2, 0.25) is 0 Å². The Balaban J connectivity index is 1.83. The maximum absolute atomic E-state index is 13.6. The molecule has 3 saturated heterocycles. The van der Waals surface area contributed by atoms with Gasteiger partial charge in [-0.2, -0.15) is 0 Å². The van der Waals surface area contributed by atoms with E-state index in [2.05, 4.69) is 11.9 Å². The van der Waals surface area contributed by atoms with E-state index in [1.165, 1.54) is 14.2 Å². The topological polar surface area (TPSA) is 123 Å². The fourth-order valence-corrected chi connectivity index (χ4v) is 5.69. The second-order valence-electron chi connectivity index (χ2n) is 10.8. The molecule has 0 aromatic carbocycles. The van der Waals surface area contributed by atoms with Crippen LogP contribution in [0.3, 0.4) is 0 Å². The predicted molar refractivity (Wildman–Crippen MR) is 132 cm³/mol. The number of carbonyl (C=O) groups excluding carboxylic acids is 1. The molecule has 3 heterocycles. The fourth-order valence-electron chi connectivity index (χ4n) is 5.69. The van der Waals surface area contributed by atoms with E-state index in [0.717, 1.165) is 5.57 Å². The summed E-state index contributed by atoms with van der Waals surface area (Å²) in [5.74, 6) is -1.71. The molecule has 0 bridgehead atoms. The Morgan fingerprint density at radius 1 is 1.16 bits per heavy atom. The summed E-state index contributed by atoms with van der Waals surface area (Å²) in [6.07, 6.45) is -3.81. The smallest absolute Gasteiger partial charge is 0.256 e. The summed E-state index contributed by atoms with van der Waals surface area (Å²) in [6, 6.07) is 0. The molecule has 3 aliphatic heterocycles. The second kappa shape index (κ2) is 12.4. The van der Waals surface area contributed by atoms with Crippen LogP contribution in [-0.4, -0.2) is 108 Å². The first-order valence-electron chi connectivity index (χ1n) is 12.8. The molecule has 11 nitrogen and oxygen atoms in total. The second-order valence-corrected chi connectivity index (χ2v) is 10.8. The Hall–Kier alpha value is -1.15. The van der Waals surface area contributed by atoms with Crippen molar-refractivity contribution in [2.75, 3.05) is 41.8 Å². The van der Waals surface area contributed by atoms with Crippen LogP contribution in [0.5, 0.6) is 0 Å². The summed E-state index contributed by atoms with van der Waals surface area (Å²) in [4.78, 5) is 13.6. The molecule has 11 heteroatoms. The molecule has 3 rings (SSSR count). The van der Waals surface area contributed by atoms with Crippen molar-refractivity contribution in [3.05, 3.63) is 12.2 Å². The highest BCUT2D eigenvalue weighted by Gasteiger charge is 2.57. The summed E-state index contributed by atoms with van der Waals surface area (Å²) in [5.41, 5.74) is 0.435. The van der Waals surface area contributed by atoms with Crippen LogP contribution in [0, 0.1) is 11.3 Å². The zero-order valence-electron chi connectivity index (χ0n) is 23.4. The lowest BCUT2D eigenvalue weighted by molar-refractivity contribution is -0.333. The minimum absolute atomic E-state index is 0.0532. The van der Waals surface area contributed by atoms with Gasteiger partial charge >= 0.3 is 0 Å². The molecule has 0 radical (unpaired) electrons. The Labute approximate surface area is 220 Å². The molecule has 0 unspecified atom stereocenters. The molecule has 0 aromatic heterocycles. The van der Waals surface area contributed by atoms with Crippen molar-refractivity contribution in [3.8, 4) is 0 Å². The Bertz CT molecular complexity index is 789. The van der Waals surface area contributed by atoms with Gasteiger partial charge in [-0.1, -0.05) is 32.9 Å². The van der Waals surface area contributed by atoms with Crippen LogP contribution in [0.1, 0.15) is 40.5 Å². The summed E-state index contributed by atoms with van der Waals surface area (Å²) in [7, 11) is 6.09. The standard InChI is InChI=1S/C26H45NO10/c1-14-11-26(33-9,37-16(3)15(14)2)22(32-8)23(29)27-24-20-19(34-13-35-24)21(31-7)25(4,5)18(36-20)10-17(12-28)30-6/h15-22,24,28H,1,10-13H2,2-9H3,(H,27,29)/t15-,16-,17-,18-,19+,20+,21-,22-,24+,26-/m1/s1. The summed E-state index contributed by atoms with van der Waals surface area (Å²) in [5, 5.41) is 12.6. The number of amides is 1. The first-order valence-corrected chi connectivity index (χ1v) is 12.8. The van der Waals surface area contributed by atoms with E-state index in [4.69, 9.17) is 37.9 Å².